The first kappa shape index (κ1) is 12.6. The Morgan fingerprint density at radius 2 is 2.25 bits per heavy atom. The molecular weight excluding hydrogens is 202 g/mol. The van der Waals surface area contributed by atoms with Gasteiger partial charge in [0.05, 0.1) is 0 Å². The van der Waals surface area contributed by atoms with Gasteiger partial charge >= 0.3 is 0 Å². The maximum Gasteiger partial charge on any atom is 0.270 e. The number of hydrogen-bond acceptors (Lipinski definition) is 3. The lowest BCUT2D eigenvalue weighted by Gasteiger charge is -2.18. The van der Waals surface area contributed by atoms with Crippen LogP contribution in [0.2, 0.25) is 0 Å². The van der Waals surface area contributed by atoms with Gasteiger partial charge in [-0.15, -0.1) is 0 Å². The molecule has 0 aromatic carbocycles. The van der Waals surface area contributed by atoms with Crippen LogP contribution in [0.3, 0.4) is 0 Å². The number of rotatable bonds is 5. The SMILES string of the molecule is CC(C)CC(CN)NC(=O)c1ccccn1. The fourth-order valence-electron chi connectivity index (χ4n) is 1.54. The number of hydrogen-bond donors (Lipinski definition) is 2. The van der Waals surface area contributed by atoms with Gasteiger partial charge in [0.15, 0.2) is 0 Å². The van der Waals surface area contributed by atoms with Crippen molar-refractivity contribution in [2.45, 2.75) is 26.3 Å². The number of nitrogens with one attached hydrogen (secondary N) is 1. The van der Waals surface area contributed by atoms with Crippen molar-refractivity contribution in [1.82, 2.24) is 10.3 Å². The van der Waals surface area contributed by atoms with Crippen LogP contribution in [0.1, 0.15) is 30.8 Å². The Bertz CT molecular complexity index is 324. The molecule has 0 aliphatic carbocycles. The highest BCUT2D eigenvalue weighted by Gasteiger charge is 2.14. The van der Waals surface area contributed by atoms with Gasteiger partial charge in [-0.3, -0.25) is 9.78 Å². The van der Waals surface area contributed by atoms with E-state index < -0.39 is 0 Å². The van der Waals surface area contributed by atoms with Crippen LogP contribution in [-0.4, -0.2) is 23.5 Å². The molecular formula is C12H19N3O. The van der Waals surface area contributed by atoms with E-state index in [0.29, 0.717) is 18.2 Å². The Morgan fingerprint density at radius 1 is 1.50 bits per heavy atom. The molecule has 1 aromatic rings. The Morgan fingerprint density at radius 3 is 2.75 bits per heavy atom. The van der Waals surface area contributed by atoms with E-state index in [1.54, 1.807) is 24.4 Å². The summed E-state index contributed by atoms with van der Waals surface area (Å²) in [6.45, 7) is 4.67. The fourth-order valence-corrected chi connectivity index (χ4v) is 1.54. The first-order valence-corrected chi connectivity index (χ1v) is 5.55. The van der Waals surface area contributed by atoms with E-state index in [1.165, 1.54) is 0 Å². The van der Waals surface area contributed by atoms with Crippen molar-refractivity contribution in [2.75, 3.05) is 6.54 Å². The summed E-state index contributed by atoms with van der Waals surface area (Å²) in [6, 6.07) is 5.29. The summed E-state index contributed by atoms with van der Waals surface area (Å²) in [7, 11) is 0. The Kier molecular flexibility index (Phi) is 4.92. The Labute approximate surface area is 96.3 Å². The first-order chi connectivity index (χ1) is 7.63. The van der Waals surface area contributed by atoms with Gasteiger partial charge < -0.3 is 11.1 Å². The summed E-state index contributed by atoms with van der Waals surface area (Å²) < 4.78 is 0. The smallest absolute Gasteiger partial charge is 0.270 e. The molecule has 0 aliphatic rings. The highest BCUT2D eigenvalue weighted by molar-refractivity contribution is 5.92. The summed E-state index contributed by atoms with van der Waals surface area (Å²) in [5.41, 5.74) is 6.05. The second-order valence-corrected chi connectivity index (χ2v) is 4.25. The minimum Gasteiger partial charge on any atom is -0.347 e. The topological polar surface area (TPSA) is 68.0 Å². The van der Waals surface area contributed by atoms with E-state index in [2.05, 4.69) is 24.1 Å². The number of nitrogens with zero attached hydrogens (tertiary/aromatic N) is 1. The predicted octanol–water partition coefficient (Wildman–Crippen LogP) is 1.18. The summed E-state index contributed by atoms with van der Waals surface area (Å²) in [5.74, 6) is 0.356. The molecule has 4 nitrogen and oxygen atoms in total. The third kappa shape index (κ3) is 3.98. The Balaban J connectivity index is 2.56. The van der Waals surface area contributed by atoms with Crippen molar-refractivity contribution < 1.29 is 4.79 Å². The molecule has 1 aromatic heterocycles. The zero-order chi connectivity index (χ0) is 12.0. The minimum absolute atomic E-state index is 0.0227. The van der Waals surface area contributed by atoms with Gasteiger partial charge in [0.25, 0.3) is 5.91 Å². The second kappa shape index (κ2) is 6.23. The molecule has 1 amide bonds. The largest absolute Gasteiger partial charge is 0.347 e. The maximum atomic E-state index is 11.8. The molecule has 0 spiro atoms. The van der Waals surface area contributed by atoms with E-state index in [9.17, 15) is 4.79 Å². The van der Waals surface area contributed by atoms with Gasteiger partial charge in [-0.25, -0.2) is 0 Å². The third-order valence-electron chi connectivity index (χ3n) is 2.27. The fraction of sp³-hybridized carbons (Fsp3) is 0.500. The highest BCUT2D eigenvalue weighted by atomic mass is 16.1. The van der Waals surface area contributed by atoms with Crippen LogP contribution in [-0.2, 0) is 0 Å². The number of aromatic nitrogens is 1. The van der Waals surface area contributed by atoms with Crippen LogP contribution in [0, 0.1) is 5.92 Å². The molecule has 3 N–H and O–H groups in total. The molecule has 0 saturated carbocycles. The van der Waals surface area contributed by atoms with Crippen molar-refractivity contribution in [3.05, 3.63) is 30.1 Å². The number of carbonyl (C=O) groups excluding carboxylic acids is 1. The molecule has 1 unspecified atom stereocenters. The molecule has 0 aliphatic heterocycles. The lowest BCUT2D eigenvalue weighted by Crippen LogP contribution is -2.41. The van der Waals surface area contributed by atoms with E-state index in [0.717, 1.165) is 6.42 Å². The summed E-state index contributed by atoms with van der Waals surface area (Å²) >= 11 is 0. The summed E-state index contributed by atoms with van der Waals surface area (Å²) in [4.78, 5) is 15.8. The van der Waals surface area contributed by atoms with Gasteiger partial charge in [-0.1, -0.05) is 19.9 Å². The van der Waals surface area contributed by atoms with Crippen LogP contribution in [0.4, 0.5) is 0 Å². The lowest BCUT2D eigenvalue weighted by atomic mass is 10.0. The van der Waals surface area contributed by atoms with Gasteiger partial charge in [0.2, 0.25) is 0 Å². The Hall–Kier alpha value is -1.42. The van der Waals surface area contributed by atoms with Crippen molar-refractivity contribution >= 4 is 5.91 Å². The zero-order valence-corrected chi connectivity index (χ0v) is 9.81. The van der Waals surface area contributed by atoms with Crippen molar-refractivity contribution in [2.24, 2.45) is 11.7 Å². The van der Waals surface area contributed by atoms with Crippen LogP contribution in [0.25, 0.3) is 0 Å². The van der Waals surface area contributed by atoms with Crippen LogP contribution in [0.15, 0.2) is 24.4 Å². The number of nitrogens with two attached hydrogens (primary N) is 1. The highest BCUT2D eigenvalue weighted by Crippen LogP contribution is 2.04. The van der Waals surface area contributed by atoms with Gasteiger partial charge in [-0.05, 0) is 24.5 Å². The maximum absolute atomic E-state index is 11.8. The van der Waals surface area contributed by atoms with Crippen LogP contribution >= 0.6 is 0 Å². The van der Waals surface area contributed by atoms with Crippen molar-refractivity contribution in [3.8, 4) is 0 Å². The van der Waals surface area contributed by atoms with E-state index in [-0.39, 0.29) is 11.9 Å². The summed E-state index contributed by atoms with van der Waals surface area (Å²) in [5, 5.41) is 2.89. The monoisotopic (exact) mass is 221 g/mol. The van der Waals surface area contributed by atoms with Crippen LogP contribution < -0.4 is 11.1 Å². The summed E-state index contributed by atoms with van der Waals surface area (Å²) in [6.07, 6.45) is 2.49. The molecule has 1 atom stereocenters. The van der Waals surface area contributed by atoms with E-state index in [4.69, 9.17) is 5.73 Å². The van der Waals surface area contributed by atoms with E-state index >= 15 is 0 Å². The normalized spacial score (nSPS) is 12.5. The first-order valence-electron chi connectivity index (χ1n) is 5.55. The zero-order valence-electron chi connectivity index (χ0n) is 9.81. The molecule has 1 heterocycles. The standard InChI is InChI=1S/C12H19N3O/c1-9(2)7-10(8-13)15-12(16)11-5-3-4-6-14-11/h3-6,9-10H,7-8,13H2,1-2H3,(H,15,16). The quantitative estimate of drug-likeness (QED) is 0.784. The average Bonchev–Trinajstić information content (AvgIpc) is 2.28. The van der Waals surface area contributed by atoms with Gasteiger partial charge in [-0.2, -0.15) is 0 Å². The molecule has 0 radical (unpaired) electrons. The molecule has 0 saturated heterocycles. The molecule has 16 heavy (non-hydrogen) atoms. The average molecular weight is 221 g/mol. The number of amides is 1. The van der Waals surface area contributed by atoms with Crippen molar-refractivity contribution in [3.63, 3.8) is 0 Å². The molecule has 88 valence electrons. The minimum atomic E-state index is -0.156. The molecule has 4 heteroatoms. The molecule has 0 fully saturated rings. The predicted molar refractivity (Wildman–Crippen MR) is 64.0 cm³/mol. The second-order valence-electron chi connectivity index (χ2n) is 4.25. The molecule has 1 rings (SSSR count). The van der Waals surface area contributed by atoms with Crippen LogP contribution in [0.5, 0.6) is 0 Å². The lowest BCUT2D eigenvalue weighted by molar-refractivity contribution is 0.0928. The van der Waals surface area contributed by atoms with Gasteiger partial charge in [0, 0.05) is 18.8 Å². The number of carbonyl (C=O) groups is 1. The van der Waals surface area contributed by atoms with Crippen molar-refractivity contribution in [1.29, 1.82) is 0 Å². The number of pyridine rings is 1. The third-order valence-corrected chi connectivity index (χ3v) is 2.27. The van der Waals surface area contributed by atoms with Gasteiger partial charge in [0.1, 0.15) is 5.69 Å². The van der Waals surface area contributed by atoms with E-state index in [1.807, 2.05) is 0 Å². The molecule has 0 bridgehead atoms.